The minimum atomic E-state index is -5.08. The molecule has 0 aliphatic carbocycles. The Kier molecular flexibility index (Phi) is 7.53. The second kappa shape index (κ2) is 9.39. The van der Waals surface area contributed by atoms with Crippen LogP contribution < -0.4 is 0 Å². The van der Waals surface area contributed by atoms with Crippen molar-refractivity contribution in [2.45, 2.75) is 24.0 Å². The molecule has 0 aromatic carbocycles. The van der Waals surface area contributed by atoms with Gasteiger partial charge >= 0.3 is 18.2 Å². The normalized spacial score (nSPS) is 21.1. The number of rotatable bonds is 4. The van der Waals surface area contributed by atoms with E-state index in [1.807, 2.05) is 18.2 Å². The molecule has 174 valence electrons. The second-order valence-corrected chi connectivity index (χ2v) is 9.99. The summed E-state index contributed by atoms with van der Waals surface area (Å²) in [5, 5.41) is 7.12. The lowest BCUT2D eigenvalue weighted by molar-refractivity contribution is -0.192. The van der Waals surface area contributed by atoms with Crippen LogP contribution in [0.2, 0.25) is 0 Å². The smallest absolute Gasteiger partial charge is 0.475 e. The summed E-state index contributed by atoms with van der Waals surface area (Å²) >= 11 is 0. The van der Waals surface area contributed by atoms with Gasteiger partial charge in [0.1, 0.15) is 4.75 Å². The molecule has 1 aromatic rings. The van der Waals surface area contributed by atoms with Gasteiger partial charge in [0.05, 0.1) is 24.7 Å². The van der Waals surface area contributed by atoms with Gasteiger partial charge in [-0.05, 0) is 18.6 Å². The summed E-state index contributed by atoms with van der Waals surface area (Å²) in [6, 6.07) is 5.47. The highest BCUT2D eigenvalue weighted by atomic mass is 32.2. The zero-order valence-corrected chi connectivity index (χ0v) is 17.8. The number of carbonyl (C=O) groups is 2. The van der Waals surface area contributed by atoms with Gasteiger partial charge in [0.15, 0.2) is 9.84 Å². The molecule has 2 saturated heterocycles. The fraction of sp³-hybridized carbons (Fsp3) is 0.611. The number of likely N-dealkylation sites (tertiary alicyclic amines) is 1. The number of alkyl halides is 3. The van der Waals surface area contributed by atoms with Gasteiger partial charge in [-0.2, -0.15) is 13.2 Å². The van der Waals surface area contributed by atoms with Gasteiger partial charge < -0.3 is 19.6 Å². The van der Waals surface area contributed by atoms with E-state index in [1.165, 1.54) is 4.90 Å². The zero-order valence-electron chi connectivity index (χ0n) is 17.0. The molecule has 13 heteroatoms. The maximum atomic E-state index is 12.5. The minimum absolute atomic E-state index is 0.0718. The number of carbonyl (C=O) groups excluding carboxylic acids is 1. The van der Waals surface area contributed by atoms with E-state index in [2.05, 4.69) is 4.98 Å². The number of nitrogens with zero attached hydrogens (tertiary/aromatic N) is 3. The van der Waals surface area contributed by atoms with Crippen molar-refractivity contribution < 1.29 is 41.0 Å². The average molecular weight is 467 g/mol. The van der Waals surface area contributed by atoms with Crippen molar-refractivity contribution in [1.29, 1.82) is 0 Å². The standard InChI is InChI=1S/C16H23N3O4S.C2HF3O2/c1-18(2)15(20)19-11-16(12-19)13(6-8-24(16,21)22)9-23-10-14-5-3-4-7-17-14;3-2(4,5)1(6)7/h3-5,7,13H,6,8-12H2,1-2H3;(H,6,7). The Morgan fingerprint density at radius 2 is 1.94 bits per heavy atom. The molecule has 1 N–H and O–H groups in total. The molecule has 0 saturated carbocycles. The number of hydrogen-bond acceptors (Lipinski definition) is 6. The molecule has 1 unspecified atom stereocenters. The van der Waals surface area contributed by atoms with E-state index >= 15 is 0 Å². The Morgan fingerprint density at radius 3 is 2.42 bits per heavy atom. The van der Waals surface area contributed by atoms with Gasteiger partial charge in [-0.15, -0.1) is 0 Å². The highest BCUT2D eigenvalue weighted by molar-refractivity contribution is 7.93. The number of carboxylic acids is 1. The Morgan fingerprint density at radius 1 is 1.32 bits per heavy atom. The van der Waals surface area contributed by atoms with Crippen molar-refractivity contribution in [2.24, 2.45) is 5.92 Å². The quantitative estimate of drug-likeness (QED) is 0.711. The lowest BCUT2D eigenvalue weighted by atomic mass is 9.84. The lowest BCUT2D eigenvalue weighted by Crippen LogP contribution is -2.69. The van der Waals surface area contributed by atoms with Crippen molar-refractivity contribution in [2.75, 3.05) is 39.5 Å². The molecule has 3 rings (SSSR count). The minimum Gasteiger partial charge on any atom is -0.475 e. The average Bonchev–Trinajstić information content (AvgIpc) is 2.91. The number of halogens is 3. The van der Waals surface area contributed by atoms with Gasteiger partial charge in [0.25, 0.3) is 0 Å². The maximum absolute atomic E-state index is 12.5. The number of aliphatic carboxylic acids is 1. The summed E-state index contributed by atoms with van der Waals surface area (Å²) in [5.74, 6) is -2.65. The molecule has 0 radical (unpaired) electrons. The van der Waals surface area contributed by atoms with Crippen molar-refractivity contribution >= 4 is 21.8 Å². The zero-order chi connectivity index (χ0) is 23.4. The number of ether oxygens (including phenoxy) is 1. The third kappa shape index (κ3) is 5.64. The largest absolute Gasteiger partial charge is 0.490 e. The van der Waals surface area contributed by atoms with Crippen molar-refractivity contribution in [3.8, 4) is 0 Å². The van der Waals surface area contributed by atoms with Crippen LogP contribution in [0.3, 0.4) is 0 Å². The first-order valence-electron chi connectivity index (χ1n) is 9.26. The molecule has 2 amide bonds. The van der Waals surface area contributed by atoms with Crippen LogP contribution in [0.5, 0.6) is 0 Å². The van der Waals surface area contributed by atoms with Gasteiger partial charge in [-0.3, -0.25) is 4.98 Å². The monoisotopic (exact) mass is 467 g/mol. The molecule has 3 heterocycles. The van der Waals surface area contributed by atoms with Crippen LogP contribution in [0.4, 0.5) is 18.0 Å². The number of pyridine rings is 1. The van der Waals surface area contributed by atoms with Crippen molar-refractivity contribution in [3.05, 3.63) is 30.1 Å². The number of urea groups is 1. The van der Waals surface area contributed by atoms with Crippen molar-refractivity contribution in [1.82, 2.24) is 14.8 Å². The first-order chi connectivity index (χ1) is 14.3. The van der Waals surface area contributed by atoms with Gasteiger partial charge in [0.2, 0.25) is 0 Å². The number of amides is 2. The molecule has 0 bridgehead atoms. The van der Waals surface area contributed by atoms with Gasteiger partial charge in [0, 0.05) is 39.3 Å². The van der Waals surface area contributed by atoms with Crippen LogP contribution in [-0.2, 0) is 26.0 Å². The van der Waals surface area contributed by atoms with E-state index in [-0.39, 0.29) is 30.8 Å². The predicted molar refractivity (Wildman–Crippen MR) is 103 cm³/mol. The second-order valence-electron chi connectivity index (χ2n) is 7.54. The number of sulfone groups is 1. The Bertz CT molecular complexity index is 887. The summed E-state index contributed by atoms with van der Waals surface area (Å²) in [6.45, 7) is 1.28. The SMILES string of the molecule is CN(C)C(=O)N1CC2(C1)C(COCc1ccccn1)CCS2(=O)=O.O=C(O)C(F)(F)F. The van der Waals surface area contributed by atoms with Crippen LogP contribution in [0.1, 0.15) is 12.1 Å². The molecule has 1 atom stereocenters. The van der Waals surface area contributed by atoms with Crippen LogP contribution >= 0.6 is 0 Å². The van der Waals surface area contributed by atoms with Gasteiger partial charge in [-0.25, -0.2) is 18.0 Å². The number of carboxylic acid groups (broad SMARTS) is 1. The van der Waals surface area contributed by atoms with Crippen LogP contribution in [0.15, 0.2) is 24.4 Å². The highest BCUT2D eigenvalue weighted by Crippen LogP contribution is 2.45. The molecule has 2 fully saturated rings. The molecule has 2 aliphatic rings. The summed E-state index contributed by atoms with van der Waals surface area (Å²) in [5.41, 5.74) is 0.824. The fourth-order valence-electron chi connectivity index (χ4n) is 3.51. The van der Waals surface area contributed by atoms with Crippen LogP contribution in [0.25, 0.3) is 0 Å². The number of aromatic nitrogens is 1. The van der Waals surface area contributed by atoms with E-state index in [0.29, 0.717) is 19.6 Å². The van der Waals surface area contributed by atoms with Crippen LogP contribution in [-0.4, -0.2) is 90.8 Å². The predicted octanol–water partition coefficient (Wildman–Crippen LogP) is 1.40. The summed E-state index contributed by atoms with van der Waals surface area (Å²) in [7, 11) is 0.147. The molecule has 1 aromatic heterocycles. The van der Waals surface area contributed by atoms with Crippen LogP contribution in [0, 0.1) is 5.92 Å². The number of hydrogen-bond donors (Lipinski definition) is 1. The van der Waals surface area contributed by atoms with Crippen molar-refractivity contribution in [3.63, 3.8) is 0 Å². The van der Waals surface area contributed by atoms with E-state index in [0.717, 1.165) is 5.69 Å². The third-order valence-corrected chi connectivity index (χ3v) is 7.81. The lowest BCUT2D eigenvalue weighted by Gasteiger charge is -2.50. The summed E-state index contributed by atoms with van der Waals surface area (Å²) < 4.78 is 61.7. The molecule has 31 heavy (non-hydrogen) atoms. The van der Waals surface area contributed by atoms with E-state index in [1.54, 1.807) is 25.2 Å². The molecular weight excluding hydrogens is 443 g/mol. The first kappa shape index (κ1) is 24.9. The Hall–Kier alpha value is -2.41. The molecule has 1 spiro atoms. The topological polar surface area (TPSA) is 117 Å². The molecular formula is C18H24F3N3O6S. The fourth-order valence-corrected chi connectivity index (χ4v) is 5.92. The molecule has 9 nitrogen and oxygen atoms in total. The third-order valence-electron chi connectivity index (χ3n) is 5.21. The summed E-state index contributed by atoms with van der Waals surface area (Å²) in [6.07, 6.45) is -2.79. The Labute approximate surface area is 177 Å². The van der Waals surface area contributed by atoms with E-state index in [4.69, 9.17) is 14.6 Å². The maximum Gasteiger partial charge on any atom is 0.490 e. The molecule has 2 aliphatic heterocycles. The first-order valence-corrected chi connectivity index (χ1v) is 10.9. The van der Waals surface area contributed by atoms with E-state index < -0.39 is 26.7 Å². The van der Waals surface area contributed by atoms with Gasteiger partial charge in [-0.1, -0.05) is 6.07 Å². The Balaban J connectivity index is 0.000000423. The van der Waals surface area contributed by atoms with E-state index in [9.17, 15) is 26.4 Å². The highest BCUT2D eigenvalue weighted by Gasteiger charge is 2.62. The summed E-state index contributed by atoms with van der Waals surface area (Å²) in [4.78, 5) is 28.2.